The Morgan fingerprint density at radius 3 is 2.82 bits per heavy atom. The van der Waals surface area contributed by atoms with Crippen LogP contribution in [0.1, 0.15) is 6.23 Å². The summed E-state index contributed by atoms with van der Waals surface area (Å²) >= 11 is 9.56. The van der Waals surface area contributed by atoms with E-state index in [1.54, 1.807) is 31.4 Å². The molecule has 0 radical (unpaired) electrons. The first-order valence-corrected chi connectivity index (χ1v) is 9.37. The van der Waals surface area contributed by atoms with Crippen molar-refractivity contribution in [1.29, 1.82) is 0 Å². The van der Waals surface area contributed by atoms with E-state index in [0.717, 1.165) is 10.6 Å². The number of methoxy groups -OCH3 is 1. The summed E-state index contributed by atoms with van der Waals surface area (Å²) in [6.45, 7) is -0.138. The summed E-state index contributed by atoms with van der Waals surface area (Å²) < 4.78 is 21.3. The van der Waals surface area contributed by atoms with Crippen LogP contribution in [0, 0.1) is 0 Å². The molecule has 152 valence electrons. The Bertz CT molecular complexity index is 932. The number of aromatic amines is 1. The minimum Gasteiger partial charge on any atom is -0.497 e. The SMILES string of the molecule is COc1cccc(OCOC[C@H]2O[C@@H](n3ccc(=O)[nH]c3=O)[C@](Cl)(Br)[C@@H]2O)c1. The molecule has 11 heteroatoms. The minimum absolute atomic E-state index is 0.0419. The molecule has 2 aromatic rings. The van der Waals surface area contributed by atoms with Crippen molar-refractivity contribution in [3.8, 4) is 11.5 Å². The molecule has 0 bridgehead atoms. The molecule has 1 aliphatic heterocycles. The predicted molar refractivity (Wildman–Crippen MR) is 103 cm³/mol. The summed E-state index contributed by atoms with van der Waals surface area (Å²) in [5, 5.41) is 10.5. The largest absolute Gasteiger partial charge is 0.497 e. The second-order valence-electron chi connectivity index (χ2n) is 5.98. The first-order valence-electron chi connectivity index (χ1n) is 8.20. The van der Waals surface area contributed by atoms with Crippen LogP contribution in [-0.2, 0) is 9.47 Å². The number of nitrogens with one attached hydrogen (secondary N) is 1. The van der Waals surface area contributed by atoms with Gasteiger partial charge in [-0.05, 0) is 12.1 Å². The topological polar surface area (TPSA) is 112 Å². The number of benzene rings is 1. The zero-order valence-corrected chi connectivity index (χ0v) is 17.1. The van der Waals surface area contributed by atoms with Crippen LogP contribution in [0.2, 0.25) is 0 Å². The van der Waals surface area contributed by atoms with Crippen LogP contribution in [0.15, 0.2) is 46.1 Å². The fourth-order valence-electron chi connectivity index (χ4n) is 2.68. The molecule has 4 atom stereocenters. The van der Waals surface area contributed by atoms with Crippen LogP contribution in [0.3, 0.4) is 0 Å². The molecular weight excluding hydrogens is 460 g/mol. The van der Waals surface area contributed by atoms with Crippen LogP contribution >= 0.6 is 27.5 Å². The average Bonchev–Trinajstić information content (AvgIpc) is 2.89. The molecule has 9 nitrogen and oxygen atoms in total. The van der Waals surface area contributed by atoms with Gasteiger partial charge in [-0.3, -0.25) is 14.3 Å². The number of halogens is 2. The van der Waals surface area contributed by atoms with Gasteiger partial charge in [-0.15, -0.1) is 0 Å². The average molecular weight is 478 g/mol. The fraction of sp³-hybridized carbons (Fsp3) is 0.412. The van der Waals surface area contributed by atoms with Crippen LogP contribution in [-0.4, -0.2) is 51.2 Å². The van der Waals surface area contributed by atoms with Gasteiger partial charge < -0.3 is 24.1 Å². The van der Waals surface area contributed by atoms with Gasteiger partial charge in [-0.1, -0.05) is 33.6 Å². The zero-order valence-electron chi connectivity index (χ0n) is 14.7. The maximum atomic E-state index is 12.0. The van der Waals surface area contributed by atoms with Gasteiger partial charge in [0.1, 0.15) is 23.7 Å². The van der Waals surface area contributed by atoms with Crippen molar-refractivity contribution >= 4 is 27.5 Å². The standard InChI is InChI=1S/C17H18BrClN2O7/c1-25-10-3-2-4-11(7-10)27-9-26-8-12-14(23)17(18,19)15(28-12)21-6-5-13(22)20-16(21)24/h2-7,12,14-15,23H,8-9H2,1H3,(H,20,22,24)/t12-,14-,15-,17+/m1/s1. The van der Waals surface area contributed by atoms with Gasteiger partial charge in [0.2, 0.25) is 0 Å². The summed E-state index contributed by atoms with van der Waals surface area (Å²) in [4.78, 5) is 25.3. The first-order chi connectivity index (χ1) is 13.3. The summed E-state index contributed by atoms with van der Waals surface area (Å²) in [6, 6.07) is 8.16. The van der Waals surface area contributed by atoms with Crippen molar-refractivity contribution in [3.63, 3.8) is 0 Å². The monoisotopic (exact) mass is 476 g/mol. The lowest BCUT2D eigenvalue weighted by atomic mass is 10.2. The van der Waals surface area contributed by atoms with Gasteiger partial charge in [-0.2, -0.15) is 0 Å². The molecule has 0 amide bonds. The molecule has 1 aromatic heterocycles. The molecule has 0 unspecified atom stereocenters. The fourth-order valence-corrected chi connectivity index (χ4v) is 3.60. The smallest absolute Gasteiger partial charge is 0.330 e. The van der Waals surface area contributed by atoms with Crippen molar-refractivity contribution in [2.24, 2.45) is 0 Å². The molecule has 1 aromatic carbocycles. The van der Waals surface area contributed by atoms with Gasteiger partial charge in [0.15, 0.2) is 16.8 Å². The number of H-pyrrole nitrogens is 1. The van der Waals surface area contributed by atoms with E-state index < -0.39 is 33.5 Å². The molecule has 0 saturated carbocycles. The number of aliphatic hydroxyl groups excluding tert-OH is 1. The first kappa shape index (κ1) is 20.9. The third-order valence-electron chi connectivity index (χ3n) is 4.12. The number of hydrogen-bond donors (Lipinski definition) is 2. The Kier molecular flexibility index (Phi) is 6.46. The van der Waals surface area contributed by atoms with E-state index in [4.69, 9.17) is 30.5 Å². The molecule has 3 rings (SSSR count). The molecule has 2 N–H and O–H groups in total. The third kappa shape index (κ3) is 4.41. The number of ether oxygens (including phenoxy) is 4. The Balaban J connectivity index is 1.60. The van der Waals surface area contributed by atoms with E-state index in [-0.39, 0.29) is 13.4 Å². The van der Waals surface area contributed by atoms with Crippen molar-refractivity contribution in [2.45, 2.75) is 22.2 Å². The Morgan fingerprint density at radius 1 is 1.36 bits per heavy atom. The van der Waals surface area contributed by atoms with E-state index >= 15 is 0 Å². The van der Waals surface area contributed by atoms with E-state index in [2.05, 4.69) is 20.9 Å². The second-order valence-corrected chi connectivity index (χ2v) is 8.37. The van der Waals surface area contributed by atoms with Gasteiger partial charge in [0.25, 0.3) is 5.56 Å². The molecule has 28 heavy (non-hydrogen) atoms. The number of nitrogens with zero attached hydrogens (tertiary/aromatic N) is 1. The van der Waals surface area contributed by atoms with E-state index in [1.807, 2.05) is 0 Å². The summed E-state index contributed by atoms with van der Waals surface area (Å²) in [5.74, 6) is 1.20. The van der Waals surface area contributed by atoms with Gasteiger partial charge in [0, 0.05) is 18.3 Å². The van der Waals surface area contributed by atoms with E-state index in [1.165, 1.54) is 6.20 Å². The molecule has 1 fully saturated rings. The lowest BCUT2D eigenvalue weighted by Crippen LogP contribution is -2.41. The highest BCUT2D eigenvalue weighted by Crippen LogP contribution is 2.47. The predicted octanol–water partition coefficient (Wildman–Crippen LogP) is 1.19. The zero-order chi connectivity index (χ0) is 20.3. The van der Waals surface area contributed by atoms with Gasteiger partial charge in [0.05, 0.1) is 13.7 Å². The molecule has 0 aliphatic carbocycles. The highest BCUT2D eigenvalue weighted by molar-refractivity contribution is 9.10. The van der Waals surface area contributed by atoms with Crippen molar-refractivity contribution in [1.82, 2.24) is 9.55 Å². The summed E-state index contributed by atoms with van der Waals surface area (Å²) in [6.07, 6.45) is -1.86. The highest BCUT2D eigenvalue weighted by Gasteiger charge is 2.55. The van der Waals surface area contributed by atoms with Gasteiger partial charge in [-0.25, -0.2) is 4.79 Å². The quantitative estimate of drug-likeness (QED) is 0.350. The third-order valence-corrected chi connectivity index (χ3v) is 5.39. The van der Waals surface area contributed by atoms with Crippen LogP contribution < -0.4 is 20.7 Å². The van der Waals surface area contributed by atoms with Crippen molar-refractivity contribution in [3.05, 3.63) is 57.4 Å². The lowest BCUT2D eigenvalue weighted by Gasteiger charge is -2.24. The van der Waals surface area contributed by atoms with Crippen LogP contribution in [0.25, 0.3) is 0 Å². The maximum Gasteiger partial charge on any atom is 0.330 e. The van der Waals surface area contributed by atoms with Crippen molar-refractivity contribution < 1.29 is 24.1 Å². The summed E-state index contributed by atoms with van der Waals surface area (Å²) in [7, 11) is 1.55. The number of rotatable bonds is 7. The van der Waals surface area contributed by atoms with Crippen LogP contribution in [0.4, 0.5) is 0 Å². The lowest BCUT2D eigenvalue weighted by molar-refractivity contribution is -0.0867. The molecule has 2 heterocycles. The Hall–Kier alpha value is -1.85. The van der Waals surface area contributed by atoms with Gasteiger partial charge >= 0.3 is 5.69 Å². The normalized spacial score (nSPS) is 26.9. The Morgan fingerprint density at radius 2 is 2.11 bits per heavy atom. The molecule has 1 aliphatic rings. The summed E-state index contributed by atoms with van der Waals surface area (Å²) in [5.41, 5.74) is -1.26. The van der Waals surface area contributed by atoms with E-state index in [9.17, 15) is 14.7 Å². The second kappa shape index (κ2) is 8.66. The highest BCUT2D eigenvalue weighted by atomic mass is 79.9. The number of alkyl halides is 2. The maximum absolute atomic E-state index is 12.0. The molecular formula is C17H18BrClN2O7. The van der Waals surface area contributed by atoms with Crippen LogP contribution in [0.5, 0.6) is 11.5 Å². The van der Waals surface area contributed by atoms with Crippen molar-refractivity contribution in [2.75, 3.05) is 20.5 Å². The minimum atomic E-state index is -1.49. The van der Waals surface area contributed by atoms with E-state index in [0.29, 0.717) is 11.5 Å². The number of hydrogen-bond acceptors (Lipinski definition) is 7. The molecule has 1 saturated heterocycles. The number of aliphatic hydroxyl groups is 1. The Labute approximate surface area is 172 Å². The number of aromatic nitrogens is 2. The molecule has 0 spiro atoms.